The summed E-state index contributed by atoms with van der Waals surface area (Å²) in [5, 5.41) is 16.3. The highest BCUT2D eigenvalue weighted by Crippen LogP contribution is 2.32. The number of aliphatic hydroxyl groups excluding tert-OH is 1. The predicted molar refractivity (Wildman–Crippen MR) is 184 cm³/mol. The Kier molecular flexibility index (Phi) is 14.3. The lowest BCUT2D eigenvalue weighted by molar-refractivity contribution is -0.180. The van der Waals surface area contributed by atoms with E-state index in [0.717, 1.165) is 0 Å². The minimum Gasteiger partial charge on any atom is -0.495 e. The van der Waals surface area contributed by atoms with Gasteiger partial charge < -0.3 is 30.0 Å². The van der Waals surface area contributed by atoms with Crippen LogP contribution >= 0.6 is 23.2 Å². The molecule has 0 spiro atoms. The van der Waals surface area contributed by atoms with Crippen molar-refractivity contribution in [3.63, 3.8) is 0 Å². The van der Waals surface area contributed by atoms with Crippen molar-refractivity contribution >= 4 is 47.0 Å². The first-order valence-corrected chi connectivity index (χ1v) is 16.8. The summed E-state index contributed by atoms with van der Waals surface area (Å²) in [7, 11) is 1.49. The summed E-state index contributed by atoms with van der Waals surface area (Å²) in [6.45, 7) is 8.49. The van der Waals surface area contributed by atoms with Gasteiger partial charge in [-0.2, -0.15) is 0 Å². The van der Waals surface area contributed by atoms with Gasteiger partial charge in [-0.15, -0.1) is 11.6 Å². The Labute approximate surface area is 292 Å². The number of alkyl halides is 1. The smallest absolute Gasteiger partial charge is 0.347 e. The molecule has 6 atom stereocenters. The second-order valence-electron chi connectivity index (χ2n) is 13.1. The highest BCUT2D eigenvalue weighted by atomic mass is 35.5. The summed E-state index contributed by atoms with van der Waals surface area (Å²) in [6, 6.07) is 13.0. The summed E-state index contributed by atoms with van der Waals surface area (Å²) >= 11 is 13.0. The van der Waals surface area contributed by atoms with Crippen LogP contribution in [-0.2, 0) is 35.1 Å². The Morgan fingerprint density at radius 3 is 2.35 bits per heavy atom. The zero-order valence-electron chi connectivity index (χ0n) is 28.2. The fourth-order valence-electron chi connectivity index (χ4n) is 5.14. The van der Waals surface area contributed by atoms with Gasteiger partial charge in [0, 0.05) is 25.3 Å². The number of methoxy groups -OCH3 is 1. The van der Waals surface area contributed by atoms with E-state index in [-0.39, 0.29) is 31.7 Å². The average Bonchev–Trinajstić information content (AvgIpc) is 3.04. The monoisotopic (exact) mass is 704 g/mol. The van der Waals surface area contributed by atoms with Gasteiger partial charge in [0.05, 0.1) is 29.0 Å². The molecule has 1 heterocycles. The van der Waals surface area contributed by atoms with Crippen LogP contribution in [0.15, 0.2) is 60.7 Å². The van der Waals surface area contributed by atoms with Gasteiger partial charge in [0.25, 0.3) is 0 Å². The lowest BCUT2D eigenvalue weighted by atomic mass is 9.90. The highest BCUT2D eigenvalue weighted by molar-refractivity contribution is 6.32. The number of esters is 2. The minimum absolute atomic E-state index is 0.0224. The molecule has 262 valence electrons. The molecule has 12 heteroatoms. The first-order valence-electron chi connectivity index (χ1n) is 16.0. The Morgan fingerprint density at radius 1 is 1.04 bits per heavy atom. The van der Waals surface area contributed by atoms with Crippen LogP contribution in [0.25, 0.3) is 0 Å². The van der Waals surface area contributed by atoms with Gasteiger partial charge in [-0.1, -0.05) is 74.8 Å². The SMILES string of the molecule is COc1ccc(CC2NC(=O)/C=C/CC(C(C)C(O)C(Cl)c3ccccc3)OC(=O)C(CC(C)C)OC(=O)C(C)(C)CNC2=O)cc1Cl. The van der Waals surface area contributed by atoms with Crippen LogP contribution in [-0.4, -0.2) is 66.9 Å². The van der Waals surface area contributed by atoms with Crippen LogP contribution in [0.2, 0.25) is 5.02 Å². The van der Waals surface area contributed by atoms with Crippen molar-refractivity contribution in [3.8, 4) is 5.75 Å². The zero-order valence-corrected chi connectivity index (χ0v) is 29.7. The summed E-state index contributed by atoms with van der Waals surface area (Å²) in [5.74, 6) is -2.87. The van der Waals surface area contributed by atoms with E-state index in [2.05, 4.69) is 10.6 Å². The predicted octanol–water partition coefficient (Wildman–Crippen LogP) is 5.33. The number of benzene rings is 2. The third-order valence-electron chi connectivity index (χ3n) is 8.19. The second kappa shape index (κ2) is 17.7. The summed E-state index contributed by atoms with van der Waals surface area (Å²) < 4.78 is 16.9. The standard InChI is InChI=1S/C36H46Cl2N2O8/c1-21(2)17-29-34(44)47-27(22(3)32(42)31(38)24-11-8-7-9-12-24)13-10-14-30(41)40-26(19-23-15-16-28(46-6)25(37)18-23)33(43)39-20-36(4,5)35(45)48-29/h7-12,14-16,18,21-22,26-27,29,31-32,42H,13,17,19-20H2,1-6H3,(H,39,43)(H,40,41)/b14-10+. The zero-order chi connectivity index (χ0) is 35.6. The molecule has 0 fully saturated rings. The summed E-state index contributed by atoms with van der Waals surface area (Å²) in [5.41, 5.74) is 0.104. The van der Waals surface area contributed by atoms with Crippen LogP contribution in [0, 0.1) is 17.3 Å². The molecule has 1 aliphatic heterocycles. The molecule has 0 bridgehead atoms. The third-order valence-corrected chi connectivity index (χ3v) is 9.00. The number of aliphatic hydroxyl groups is 1. The van der Waals surface area contributed by atoms with Crippen molar-refractivity contribution < 1.29 is 38.5 Å². The Hall–Kier alpha value is -3.60. The molecule has 6 unspecified atom stereocenters. The van der Waals surface area contributed by atoms with Gasteiger partial charge in [0.15, 0.2) is 6.10 Å². The quantitative estimate of drug-likeness (QED) is 0.235. The molecule has 0 saturated heterocycles. The molecule has 2 aromatic carbocycles. The molecule has 2 aromatic rings. The maximum atomic E-state index is 13.6. The molecular weight excluding hydrogens is 659 g/mol. The fourth-order valence-corrected chi connectivity index (χ4v) is 5.79. The maximum Gasteiger partial charge on any atom is 0.347 e. The van der Waals surface area contributed by atoms with Gasteiger partial charge in [-0.25, -0.2) is 4.79 Å². The van der Waals surface area contributed by atoms with E-state index >= 15 is 0 Å². The molecule has 1 aliphatic rings. The van der Waals surface area contributed by atoms with E-state index < -0.39 is 64.8 Å². The first kappa shape index (κ1) is 38.8. The first-order chi connectivity index (χ1) is 22.6. The minimum atomic E-state index is -1.25. The summed E-state index contributed by atoms with van der Waals surface area (Å²) in [4.78, 5) is 53.6. The lowest BCUT2D eigenvalue weighted by Gasteiger charge is -2.32. The molecule has 10 nitrogen and oxygen atoms in total. The summed E-state index contributed by atoms with van der Waals surface area (Å²) in [6.07, 6.45) is -0.287. The molecule has 3 N–H and O–H groups in total. The third kappa shape index (κ3) is 11.0. The van der Waals surface area contributed by atoms with Crippen molar-refractivity contribution in [2.75, 3.05) is 13.7 Å². The van der Waals surface area contributed by atoms with E-state index in [1.54, 1.807) is 63.2 Å². The van der Waals surface area contributed by atoms with Crippen LogP contribution in [0.4, 0.5) is 0 Å². The van der Waals surface area contributed by atoms with E-state index in [1.165, 1.54) is 19.3 Å². The van der Waals surface area contributed by atoms with Gasteiger partial charge in [0.1, 0.15) is 17.9 Å². The average molecular weight is 706 g/mol. The van der Waals surface area contributed by atoms with Gasteiger partial charge >= 0.3 is 11.9 Å². The maximum absolute atomic E-state index is 13.6. The van der Waals surface area contributed by atoms with Crippen LogP contribution in [0.1, 0.15) is 64.0 Å². The Morgan fingerprint density at radius 2 is 1.73 bits per heavy atom. The number of halogens is 2. The normalized spacial score (nSPS) is 23.6. The topological polar surface area (TPSA) is 140 Å². The number of hydrogen-bond acceptors (Lipinski definition) is 8. The Balaban J connectivity index is 1.96. The number of rotatable bonds is 9. The molecule has 48 heavy (non-hydrogen) atoms. The van der Waals surface area contributed by atoms with E-state index in [9.17, 15) is 24.3 Å². The molecule has 0 radical (unpaired) electrons. The van der Waals surface area contributed by atoms with Crippen molar-refractivity contribution in [1.29, 1.82) is 0 Å². The van der Waals surface area contributed by atoms with Crippen LogP contribution in [0.3, 0.4) is 0 Å². The van der Waals surface area contributed by atoms with Gasteiger partial charge in [0.2, 0.25) is 11.8 Å². The van der Waals surface area contributed by atoms with E-state index in [4.69, 9.17) is 37.4 Å². The van der Waals surface area contributed by atoms with Crippen LogP contribution < -0.4 is 15.4 Å². The second-order valence-corrected chi connectivity index (χ2v) is 14.0. The number of hydrogen-bond donors (Lipinski definition) is 3. The Bertz CT molecular complexity index is 1450. The lowest BCUT2D eigenvalue weighted by Crippen LogP contribution is -2.51. The van der Waals surface area contributed by atoms with E-state index in [1.807, 2.05) is 19.9 Å². The molecule has 0 aliphatic carbocycles. The number of amides is 2. The fraction of sp³-hybridized carbons (Fsp3) is 0.500. The van der Waals surface area contributed by atoms with Crippen LogP contribution in [0.5, 0.6) is 5.75 Å². The van der Waals surface area contributed by atoms with Gasteiger partial charge in [-0.3, -0.25) is 14.4 Å². The number of nitrogens with one attached hydrogen (secondary N) is 2. The molecule has 3 rings (SSSR count). The number of carbonyl (C=O) groups excluding carboxylic acids is 4. The van der Waals surface area contributed by atoms with Crippen molar-refractivity contribution in [2.45, 2.75) is 83.6 Å². The number of carbonyl (C=O) groups is 4. The number of cyclic esters (lactones) is 2. The number of ether oxygens (including phenoxy) is 3. The molecular formula is C36H46Cl2N2O8. The van der Waals surface area contributed by atoms with Crippen molar-refractivity contribution in [3.05, 3.63) is 76.8 Å². The van der Waals surface area contributed by atoms with Crippen molar-refractivity contribution in [2.24, 2.45) is 17.3 Å². The molecule has 0 aromatic heterocycles. The highest BCUT2D eigenvalue weighted by Gasteiger charge is 2.38. The van der Waals surface area contributed by atoms with E-state index in [0.29, 0.717) is 21.9 Å². The largest absolute Gasteiger partial charge is 0.495 e. The van der Waals surface area contributed by atoms with Crippen molar-refractivity contribution in [1.82, 2.24) is 10.6 Å². The molecule has 0 saturated carbocycles. The molecule has 2 amide bonds. The van der Waals surface area contributed by atoms with Gasteiger partial charge in [-0.05, 0) is 55.5 Å².